The molecule has 126 valence electrons. The van der Waals surface area contributed by atoms with Crippen LogP contribution >= 0.6 is 0 Å². The fourth-order valence-corrected chi connectivity index (χ4v) is 4.23. The van der Waals surface area contributed by atoms with Gasteiger partial charge in [-0.2, -0.15) is 0 Å². The van der Waals surface area contributed by atoms with Crippen LogP contribution in [0, 0.1) is 0 Å². The first kappa shape index (κ1) is 14.8. The van der Waals surface area contributed by atoms with E-state index in [1.54, 1.807) is 0 Å². The van der Waals surface area contributed by atoms with Crippen molar-refractivity contribution in [2.24, 2.45) is 0 Å². The minimum Gasteiger partial charge on any atom is -0.361 e. The number of nitrogens with zero attached hydrogens (tertiary/aromatic N) is 2. The van der Waals surface area contributed by atoms with E-state index in [9.17, 15) is 0 Å². The number of rotatable bonds is 4. The molecule has 3 nitrogen and oxygen atoms in total. The maximum atomic E-state index is 3.32. The molecule has 0 saturated carbocycles. The van der Waals surface area contributed by atoms with Crippen molar-refractivity contribution < 1.29 is 0 Å². The van der Waals surface area contributed by atoms with Crippen LogP contribution in [0.2, 0.25) is 0 Å². The van der Waals surface area contributed by atoms with Gasteiger partial charge in [0.05, 0.1) is 0 Å². The molecule has 0 unspecified atom stereocenters. The summed E-state index contributed by atoms with van der Waals surface area (Å²) < 4.78 is 2.41. The lowest BCUT2D eigenvalue weighted by Gasteiger charge is -2.15. The molecule has 1 N–H and O–H groups in total. The fraction of sp³-hybridized carbons (Fsp3) is 0.273. The van der Waals surface area contributed by atoms with Crippen LogP contribution in [0.1, 0.15) is 12.8 Å². The van der Waals surface area contributed by atoms with Crippen molar-refractivity contribution >= 4 is 21.8 Å². The number of benzene rings is 2. The topological polar surface area (TPSA) is 24.0 Å². The quantitative estimate of drug-likeness (QED) is 0.566. The van der Waals surface area contributed by atoms with Crippen molar-refractivity contribution in [3.63, 3.8) is 0 Å². The predicted molar refractivity (Wildman–Crippen MR) is 105 cm³/mol. The predicted octanol–water partition coefficient (Wildman–Crippen LogP) is 4.89. The van der Waals surface area contributed by atoms with Crippen molar-refractivity contribution in [3.05, 3.63) is 60.9 Å². The highest BCUT2D eigenvalue weighted by Crippen LogP contribution is 2.34. The van der Waals surface area contributed by atoms with E-state index in [0.29, 0.717) is 0 Å². The summed E-state index contributed by atoms with van der Waals surface area (Å²) >= 11 is 0. The van der Waals surface area contributed by atoms with Gasteiger partial charge in [0.15, 0.2) is 0 Å². The molecule has 0 atom stereocenters. The Hall–Kier alpha value is -2.52. The minimum atomic E-state index is 1.07. The zero-order valence-electron chi connectivity index (χ0n) is 14.4. The summed E-state index contributed by atoms with van der Waals surface area (Å²) in [4.78, 5) is 5.90. The third-order valence-electron chi connectivity index (χ3n) is 5.55. The van der Waals surface area contributed by atoms with E-state index in [1.165, 1.54) is 58.9 Å². The number of likely N-dealkylation sites (tertiary alicyclic amines) is 1. The molecule has 1 aliphatic rings. The second-order valence-corrected chi connectivity index (χ2v) is 7.04. The van der Waals surface area contributed by atoms with Gasteiger partial charge in [-0.15, -0.1) is 0 Å². The number of H-pyrrole nitrogens is 1. The molecule has 1 saturated heterocycles. The Balaban J connectivity index is 1.55. The molecule has 25 heavy (non-hydrogen) atoms. The van der Waals surface area contributed by atoms with E-state index in [2.05, 4.69) is 69.2 Å². The Morgan fingerprint density at radius 3 is 2.48 bits per heavy atom. The van der Waals surface area contributed by atoms with Crippen LogP contribution in [-0.4, -0.2) is 34.1 Å². The van der Waals surface area contributed by atoms with Gasteiger partial charge in [0, 0.05) is 47.3 Å². The van der Waals surface area contributed by atoms with Gasteiger partial charge >= 0.3 is 0 Å². The molecule has 0 radical (unpaired) electrons. The first-order valence-electron chi connectivity index (χ1n) is 9.27. The summed E-state index contributed by atoms with van der Waals surface area (Å²) in [5.41, 5.74) is 5.16. The molecular weight excluding hydrogens is 306 g/mol. The summed E-state index contributed by atoms with van der Waals surface area (Å²) in [5.74, 6) is 0. The number of hydrogen-bond acceptors (Lipinski definition) is 1. The first-order valence-corrected chi connectivity index (χ1v) is 9.27. The molecule has 5 rings (SSSR count). The Morgan fingerprint density at radius 2 is 1.60 bits per heavy atom. The summed E-state index contributed by atoms with van der Waals surface area (Å²) in [7, 11) is 0. The van der Waals surface area contributed by atoms with E-state index >= 15 is 0 Å². The van der Waals surface area contributed by atoms with E-state index in [1.807, 2.05) is 6.20 Å². The van der Waals surface area contributed by atoms with Crippen LogP contribution in [0.15, 0.2) is 60.9 Å². The minimum absolute atomic E-state index is 1.07. The van der Waals surface area contributed by atoms with Gasteiger partial charge < -0.3 is 14.5 Å². The lowest BCUT2D eigenvalue weighted by molar-refractivity contribution is 0.324. The molecule has 3 heterocycles. The SMILES string of the molecule is c1cc(-c2cccc3c2ccn3CCN2CCCC2)c2cc[nH]c2c1. The molecular formula is C22H23N3. The van der Waals surface area contributed by atoms with Crippen LogP contribution in [0.5, 0.6) is 0 Å². The number of fused-ring (bicyclic) bond motifs is 2. The fourth-order valence-electron chi connectivity index (χ4n) is 4.23. The zero-order valence-corrected chi connectivity index (χ0v) is 14.4. The molecule has 3 heteroatoms. The smallest absolute Gasteiger partial charge is 0.0487 e. The molecule has 1 fully saturated rings. The van der Waals surface area contributed by atoms with Gasteiger partial charge in [-0.25, -0.2) is 0 Å². The molecule has 0 bridgehead atoms. The van der Waals surface area contributed by atoms with Crippen molar-refractivity contribution in [1.29, 1.82) is 0 Å². The van der Waals surface area contributed by atoms with Crippen molar-refractivity contribution in [3.8, 4) is 11.1 Å². The molecule has 2 aromatic heterocycles. The van der Waals surface area contributed by atoms with Gasteiger partial charge in [0.2, 0.25) is 0 Å². The number of aromatic nitrogens is 2. The second-order valence-electron chi connectivity index (χ2n) is 7.04. The van der Waals surface area contributed by atoms with Gasteiger partial charge in [-0.3, -0.25) is 0 Å². The molecule has 1 aliphatic heterocycles. The van der Waals surface area contributed by atoms with E-state index in [4.69, 9.17) is 0 Å². The van der Waals surface area contributed by atoms with Crippen LogP contribution in [0.25, 0.3) is 32.9 Å². The molecule has 0 spiro atoms. The number of nitrogens with one attached hydrogen (secondary N) is 1. The van der Waals surface area contributed by atoms with Crippen molar-refractivity contribution in [1.82, 2.24) is 14.5 Å². The summed E-state index contributed by atoms with van der Waals surface area (Å²) in [6.45, 7) is 4.75. The highest BCUT2D eigenvalue weighted by Gasteiger charge is 2.13. The van der Waals surface area contributed by atoms with Crippen LogP contribution in [0.4, 0.5) is 0 Å². The maximum absolute atomic E-state index is 3.32. The zero-order chi connectivity index (χ0) is 16.6. The third-order valence-corrected chi connectivity index (χ3v) is 5.55. The standard InChI is InChI=1S/C22H23N3/c1-2-13-24(12-1)15-16-25-14-10-20-18(6-4-8-22(20)25)17-5-3-7-21-19(17)9-11-23-21/h3-11,14,23H,1-2,12-13,15-16H2. The van der Waals surface area contributed by atoms with E-state index in [0.717, 1.165) is 13.1 Å². The largest absolute Gasteiger partial charge is 0.361 e. The summed E-state index contributed by atoms with van der Waals surface area (Å²) in [5, 5.41) is 2.64. The van der Waals surface area contributed by atoms with Crippen LogP contribution in [0.3, 0.4) is 0 Å². The molecule has 0 amide bonds. The van der Waals surface area contributed by atoms with Gasteiger partial charge in [0.25, 0.3) is 0 Å². The molecule has 4 aromatic rings. The van der Waals surface area contributed by atoms with Crippen LogP contribution in [-0.2, 0) is 6.54 Å². The summed E-state index contributed by atoms with van der Waals surface area (Å²) in [6, 6.07) is 17.6. The van der Waals surface area contributed by atoms with Gasteiger partial charge in [-0.1, -0.05) is 24.3 Å². The van der Waals surface area contributed by atoms with Crippen molar-refractivity contribution in [2.45, 2.75) is 19.4 Å². The molecule has 2 aromatic carbocycles. The molecule has 0 aliphatic carbocycles. The Bertz CT molecular complexity index is 1020. The van der Waals surface area contributed by atoms with Crippen molar-refractivity contribution in [2.75, 3.05) is 19.6 Å². The Morgan fingerprint density at radius 1 is 0.800 bits per heavy atom. The highest BCUT2D eigenvalue weighted by atomic mass is 15.2. The second kappa shape index (κ2) is 6.08. The summed E-state index contributed by atoms with van der Waals surface area (Å²) in [6.07, 6.45) is 6.99. The lowest BCUT2D eigenvalue weighted by atomic mass is 9.98. The average Bonchev–Trinajstić information content (AvgIpc) is 3.38. The van der Waals surface area contributed by atoms with Gasteiger partial charge in [-0.05, 0) is 61.3 Å². The lowest BCUT2D eigenvalue weighted by Crippen LogP contribution is -2.23. The maximum Gasteiger partial charge on any atom is 0.0487 e. The van der Waals surface area contributed by atoms with Gasteiger partial charge in [0.1, 0.15) is 0 Å². The van der Waals surface area contributed by atoms with E-state index in [-0.39, 0.29) is 0 Å². The van der Waals surface area contributed by atoms with E-state index < -0.39 is 0 Å². The average molecular weight is 329 g/mol. The number of hydrogen-bond donors (Lipinski definition) is 1. The number of aromatic amines is 1. The monoisotopic (exact) mass is 329 g/mol. The van der Waals surface area contributed by atoms with Crippen LogP contribution < -0.4 is 0 Å². The normalized spacial score (nSPS) is 15.5. The Kier molecular flexibility index (Phi) is 3.60. The highest BCUT2D eigenvalue weighted by molar-refractivity contribution is 6.04. The Labute approximate surface area is 147 Å². The first-order chi connectivity index (χ1) is 12.4. The third kappa shape index (κ3) is 2.56.